The third kappa shape index (κ3) is 6.77. The number of benzene rings is 2. The zero-order chi connectivity index (χ0) is 21.9. The fraction of sp³-hybridized carbons (Fsp3) is 0.391. The van der Waals surface area contributed by atoms with Gasteiger partial charge in [-0.25, -0.2) is 5.06 Å². The second kappa shape index (κ2) is 11.8. The van der Waals surface area contributed by atoms with Gasteiger partial charge < -0.3 is 14.8 Å². The lowest BCUT2D eigenvalue weighted by Crippen LogP contribution is -2.22. The second-order valence-electron chi connectivity index (χ2n) is 6.93. The van der Waals surface area contributed by atoms with Crippen LogP contribution in [0.5, 0.6) is 11.5 Å². The van der Waals surface area contributed by atoms with Gasteiger partial charge in [0.25, 0.3) is 11.8 Å². The van der Waals surface area contributed by atoms with Crippen LogP contribution in [0, 0.1) is 0 Å². The topological polar surface area (TPSA) is 88.1 Å². The van der Waals surface area contributed by atoms with Crippen molar-refractivity contribution in [1.82, 2.24) is 5.06 Å². The molecule has 7 heteroatoms. The Labute approximate surface area is 177 Å². The molecule has 0 saturated carbocycles. The Kier molecular flexibility index (Phi) is 9.15. The number of hydrogen-bond acceptors (Lipinski definition) is 5. The number of ether oxygens (including phenoxy) is 2. The summed E-state index contributed by atoms with van der Waals surface area (Å²) in [5.74, 6) is 0.362. The number of unbranched alkanes of at least 4 members (excludes halogenated alkanes) is 2. The summed E-state index contributed by atoms with van der Waals surface area (Å²) >= 11 is 0. The van der Waals surface area contributed by atoms with E-state index in [-0.39, 0.29) is 5.91 Å². The van der Waals surface area contributed by atoms with E-state index in [0.29, 0.717) is 46.6 Å². The molecule has 2 aromatic carbocycles. The van der Waals surface area contributed by atoms with Crippen molar-refractivity contribution in [2.75, 3.05) is 25.6 Å². The zero-order valence-corrected chi connectivity index (χ0v) is 17.8. The van der Waals surface area contributed by atoms with Crippen LogP contribution in [-0.2, 0) is 0 Å². The highest BCUT2D eigenvalue weighted by molar-refractivity contribution is 6.05. The van der Waals surface area contributed by atoms with Crippen LogP contribution in [0.4, 0.5) is 5.69 Å². The maximum Gasteiger partial charge on any atom is 0.276 e. The molecule has 0 saturated heterocycles. The van der Waals surface area contributed by atoms with Gasteiger partial charge in [-0.2, -0.15) is 0 Å². The lowest BCUT2D eigenvalue weighted by molar-refractivity contribution is -0.0374. The number of anilines is 1. The van der Waals surface area contributed by atoms with Crippen molar-refractivity contribution in [3.63, 3.8) is 0 Å². The molecule has 2 rings (SSSR count). The molecule has 2 aromatic rings. The van der Waals surface area contributed by atoms with E-state index in [2.05, 4.69) is 19.2 Å². The molecular weight excluding hydrogens is 384 g/mol. The molecular formula is C23H30N2O5. The normalized spacial score (nSPS) is 10.4. The summed E-state index contributed by atoms with van der Waals surface area (Å²) in [5.41, 5.74) is 1.30. The van der Waals surface area contributed by atoms with Crippen molar-refractivity contribution >= 4 is 17.5 Å². The average molecular weight is 415 g/mol. The standard InChI is InChI=1S/C23H30N2O5/c1-4-6-14-29-20-13-10-18(16-21(20)30-15-7-5-2)22(26)24-19-11-8-17(9-12-19)23(27)25(3)28/h8-13,16,28H,4-7,14-15H2,1-3H3,(H,24,26). The largest absolute Gasteiger partial charge is 0.490 e. The quantitative estimate of drug-likeness (QED) is 0.314. The molecule has 0 aliphatic heterocycles. The summed E-state index contributed by atoms with van der Waals surface area (Å²) in [6, 6.07) is 11.4. The first kappa shape index (κ1) is 23.2. The Morgan fingerprint density at radius 1 is 0.900 bits per heavy atom. The van der Waals surface area contributed by atoms with Gasteiger partial charge >= 0.3 is 0 Å². The van der Waals surface area contributed by atoms with Crippen LogP contribution >= 0.6 is 0 Å². The monoisotopic (exact) mass is 414 g/mol. The Bertz CT molecular complexity index is 834. The molecule has 0 aliphatic rings. The molecule has 0 fully saturated rings. The number of nitrogens with zero attached hydrogens (tertiary/aromatic N) is 1. The highest BCUT2D eigenvalue weighted by Gasteiger charge is 2.13. The lowest BCUT2D eigenvalue weighted by atomic mass is 10.1. The van der Waals surface area contributed by atoms with Gasteiger partial charge in [0.05, 0.1) is 13.2 Å². The zero-order valence-electron chi connectivity index (χ0n) is 17.8. The fourth-order valence-corrected chi connectivity index (χ4v) is 2.62. The predicted octanol–water partition coefficient (Wildman–Crippen LogP) is 4.76. The minimum Gasteiger partial charge on any atom is -0.490 e. The van der Waals surface area contributed by atoms with E-state index in [0.717, 1.165) is 25.7 Å². The van der Waals surface area contributed by atoms with Crippen LogP contribution in [0.15, 0.2) is 42.5 Å². The minimum absolute atomic E-state index is 0.297. The van der Waals surface area contributed by atoms with E-state index in [4.69, 9.17) is 9.47 Å². The SMILES string of the molecule is CCCCOc1ccc(C(=O)Nc2ccc(C(=O)N(C)O)cc2)cc1OCCCC. The highest BCUT2D eigenvalue weighted by atomic mass is 16.5. The lowest BCUT2D eigenvalue weighted by Gasteiger charge is -2.14. The average Bonchev–Trinajstić information content (AvgIpc) is 2.74. The van der Waals surface area contributed by atoms with E-state index in [1.54, 1.807) is 30.3 Å². The molecule has 2 amide bonds. The van der Waals surface area contributed by atoms with Gasteiger partial charge in [0.1, 0.15) is 0 Å². The number of hydrogen-bond donors (Lipinski definition) is 2. The number of carbonyl (C=O) groups excluding carboxylic acids is 2. The minimum atomic E-state index is -0.527. The van der Waals surface area contributed by atoms with E-state index in [9.17, 15) is 14.8 Å². The smallest absolute Gasteiger partial charge is 0.276 e. The molecule has 0 radical (unpaired) electrons. The van der Waals surface area contributed by atoms with Crippen LogP contribution in [0.1, 0.15) is 60.2 Å². The van der Waals surface area contributed by atoms with E-state index in [1.807, 2.05) is 0 Å². The van der Waals surface area contributed by atoms with Gasteiger partial charge in [-0.3, -0.25) is 14.8 Å². The molecule has 0 heterocycles. The van der Waals surface area contributed by atoms with Crippen molar-refractivity contribution in [3.8, 4) is 11.5 Å². The number of nitrogens with one attached hydrogen (secondary N) is 1. The van der Waals surface area contributed by atoms with Crippen LogP contribution < -0.4 is 14.8 Å². The van der Waals surface area contributed by atoms with Crippen molar-refractivity contribution in [2.24, 2.45) is 0 Å². The molecule has 0 bridgehead atoms. The summed E-state index contributed by atoms with van der Waals surface area (Å²) in [6.07, 6.45) is 3.91. The van der Waals surface area contributed by atoms with Crippen LogP contribution in [0.2, 0.25) is 0 Å². The molecule has 7 nitrogen and oxygen atoms in total. The Morgan fingerprint density at radius 3 is 2.03 bits per heavy atom. The molecule has 162 valence electrons. The number of amides is 2. The molecule has 0 unspecified atom stereocenters. The molecule has 0 aromatic heterocycles. The number of carbonyl (C=O) groups is 2. The summed E-state index contributed by atoms with van der Waals surface area (Å²) in [5, 5.41) is 12.5. The molecule has 0 spiro atoms. The van der Waals surface area contributed by atoms with Gasteiger partial charge in [-0.15, -0.1) is 0 Å². The van der Waals surface area contributed by atoms with Crippen LogP contribution in [-0.4, -0.2) is 42.3 Å². The molecule has 30 heavy (non-hydrogen) atoms. The molecule has 0 aliphatic carbocycles. The fourth-order valence-electron chi connectivity index (χ4n) is 2.62. The first-order valence-corrected chi connectivity index (χ1v) is 10.2. The first-order valence-electron chi connectivity index (χ1n) is 10.2. The summed E-state index contributed by atoms with van der Waals surface area (Å²) in [7, 11) is 1.26. The van der Waals surface area contributed by atoms with Gasteiger partial charge in [0, 0.05) is 23.9 Å². The summed E-state index contributed by atoms with van der Waals surface area (Å²) in [6.45, 7) is 5.34. The molecule has 2 N–H and O–H groups in total. The van der Waals surface area contributed by atoms with Gasteiger partial charge in [-0.1, -0.05) is 26.7 Å². The van der Waals surface area contributed by atoms with Crippen LogP contribution in [0.25, 0.3) is 0 Å². The van der Waals surface area contributed by atoms with E-state index < -0.39 is 5.91 Å². The van der Waals surface area contributed by atoms with Gasteiger partial charge in [0.15, 0.2) is 11.5 Å². The second-order valence-corrected chi connectivity index (χ2v) is 6.93. The van der Waals surface area contributed by atoms with E-state index >= 15 is 0 Å². The summed E-state index contributed by atoms with van der Waals surface area (Å²) < 4.78 is 11.6. The van der Waals surface area contributed by atoms with Crippen molar-refractivity contribution in [3.05, 3.63) is 53.6 Å². The Morgan fingerprint density at radius 2 is 1.47 bits per heavy atom. The van der Waals surface area contributed by atoms with Crippen molar-refractivity contribution in [1.29, 1.82) is 0 Å². The third-order valence-corrected chi connectivity index (χ3v) is 4.40. The van der Waals surface area contributed by atoms with Gasteiger partial charge in [-0.05, 0) is 55.3 Å². The van der Waals surface area contributed by atoms with Gasteiger partial charge in [0.2, 0.25) is 0 Å². The Hall–Kier alpha value is -3.06. The van der Waals surface area contributed by atoms with Crippen molar-refractivity contribution < 1.29 is 24.3 Å². The first-order chi connectivity index (χ1) is 14.5. The highest BCUT2D eigenvalue weighted by Crippen LogP contribution is 2.29. The third-order valence-electron chi connectivity index (χ3n) is 4.40. The Balaban J connectivity index is 2.11. The van der Waals surface area contributed by atoms with Crippen LogP contribution in [0.3, 0.4) is 0 Å². The van der Waals surface area contributed by atoms with E-state index in [1.165, 1.54) is 19.2 Å². The molecule has 0 atom stereocenters. The summed E-state index contributed by atoms with van der Waals surface area (Å²) in [4.78, 5) is 24.4. The predicted molar refractivity (Wildman–Crippen MR) is 116 cm³/mol. The number of rotatable bonds is 11. The van der Waals surface area contributed by atoms with Crippen molar-refractivity contribution in [2.45, 2.75) is 39.5 Å². The maximum atomic E-state index is 12.7. The number of hydroxylamine groups is 2. The maximum absolute atomic E-state index is 12.7.